The average molecular weight is 207 g/mol. The molecule has 0 unspecified atom stereocenters. The van der Waals surface area contributed by atoms with Crippen LogP contribution in [-0.4, -0.2) is 9.55 Å². The molecule has 2 nitrogen and oxygen atoms in total. The highest BCUT2D eigenvalue weighted by atomic mass is 35.5. The fourth-order valence-electron chi connectivity index (χ4n) is 1.62. The minimum Gasteiger partial charge on any atom is -0.334 e. The highest BCUT2D eigenvalue weighted by molar-refractivity contribution is 6.16. The number of nitrogens with zero attached hydrogens (tertiary/aromatic N) is 2. The maximum Gasteiger partial charge on any atom is 0.0952 e. The first kappa shape index (κ1) is 9.87. The van der Waals surface area contributed by atoms with Crippen LogP contribution in [0.2, 0.25) is 0 Å². The SMILES string of the molecule is Cl.ClCc1ncn2c1CCCC2. The number of aryl methyl sites for hydroxylation is 1. The van der Waals surface area contributed by atoms with Crippen LogP contribution in [0.25, 0.3) is 0 Å². The molecule has 12 heavy (non-hydrogen) atoms. The monoisotopic (exact) mass is 206 g/mol. The van der Waals surface area contributed by atoms with Crippen molar-refractivity contribution in [1.29, 1.82) is 0 Å². The predicted octanol–water partition coefficient (Wildman–Crippen LogP) is 2.38. The minimum absolute atomic E-state index is 0. The van der Waals surface area contributed by atoms with Gasteiger partial charge in [-0.15, -0.1) is 24.0 Å². The highest BCUT2D eigenvalue weighted by Gasteiger charge is 2.12. The summed E-state index contributed by atoms with van der Waals surface area (Å²) in [6.45, 7) is 1.12. The Morgan fingerprint density at radius 3 is 3.08 bits per heavy atom. The fraction of sp³-hybridized carbons (Fsp3) is 0.625. The Morgan fingerprint density at radius 2 is 2.33 bits per heavy atom. The Labute approximate surface area is 83.3 Å². The van der Waals surface area contributed by atoms with Crippen molar-refractivity contribution in [2.24, 2.45) is 0 Å². The predicted molar refractivity (Wildman–Crippen MR) is 52.0 cm³/mol. The normalized spacial score (nSPS) is 15.1. The first-order chi connectivity index (χ1) is 5.42. The summed E-state index contributed by atoms with van der Waals surface area (Å²) in [7, 11) is 0. The Morgan fingerprint density at radius 1 is 1.50 bits per heavy atom. The number of fused-ring (bicyclic) bond motifs is 1. The molecule has 0 amide bonds. The standard InChI is InChI=1S/C8H11ClN2.ClH/c9-5-7-8-3-1-2-4-11(8)6-10-7;/h6H,1-5H2;1H. The molecule has 0 saturated heterocycles. The third-order valence-electron chi connectivity index (χ3n) is 2.22. The molecule has 4 heteroatoms. The van der Waals surface area contributed by atoms with Gasteiger partial charge in [-0.05, 0) is 19.3 Å². The third kappa shape index (κ3) is 1.59. The number of halogens is 2. The lowest BCUT2D eigenvalue weighted by Gasteiger charge is -2.14. The summed E-state index contributed by atoms with van der Waals surface area (Å²) < 4.78 is 2.22. The van der Waals surface area contributed by atoms with E-state index in [1.54, 1.807) is 0 Å². The summed E-state index contributed by atoms with van der Waals surface area (Å²) in [5, 5.41) is 0. The van der Waals surface area contributed by atoms with Gasteiger partial charge in [0.1, 0.15) is 0 Å². The zero-order chi connectivity index (χ0) is 7.68. The molecule has 1 aliphatic rings. The second-order valence-corrected chi connectivity index (χ2v) is 3.19. The summed E-state index contributed by atoms with van der Waals surface area (Å²) in [4.78, 5) is 4.25. The number of alkyl halides is 1. The van der Waals surface area contributed by atoms with Crippen molar-refractivity contribution in [3.8, 4) is 0 Å². The van der Waals surface area contributed by atoms with Gasteiger partial charge in [0.25, 0.3) is 0 Å². The summed E-state index contributed by atoms with van der Waals surface area (Å²) >= 11 is 5.73. The van der Waals surface area contributed by atoms with Crippen molar-refractivity contribution in [3.63, 3.8) is 0 Å². The van der Waals surface area contributed by atoms with Gasteiger partial charge in [0.15, 0.2) is 0 Å². The van der Waals surface area contributed by atoms with Gasteiger partial charge in [-0.25, -0.2) is 4.98 Å². The molecule has 0 fully saturated rings. The third-order valence-corrected chi connectivity index (χ3v) is 2.48. The van der Waals surface area contributed by atoms with E-state index in [0.29, 0.717) is 5.88 Å². The summed E-state index contributed by atoms with van der Waals surface area (Å²) in [6, 6.07) is 0. The average Bonchev–Trinajstić information content (AvgIpc) is 2.47. The topological polar surface area (TPSA) is 17.8 Å². The molecule has 0 aromatic carbocycles. The van der Waals surface area contributed by atoms with E-state index in [4.69, 9.17) is 11.6 Å². The van der Waals surface area contributed by atoms with Crippen LogP contribution in [0.1, 0.15) is 24.2 Å². The van der Waals surface area contributed by atoms with Gasteiger partial charge in [-0.1, -0.05) is 0 Å². The van der Waals surface area contributed by atoms with E-state index in [-0.39, 0.29) is 12.4 Å². The molecular formula is C8H12Cl2N2. The van der Waals surface area contributed by atoms with Gasteiger partial charge in [0, 0.05) is 12.2 Å². The second kappa shape index (κ2) is 4.15. The first-order valence-corrected chi connectivity index (χ1v) is 4.54. The molecule has 0 radical (unpaired) electrons. The lowest BCUT2D eigenvalue weighted by Crippen LogP contribution is -2.09. The van der Waals surface area contributed by atoms with Crippen LogP contribution in [0.15, 0.2) is 6.33 Å². The van der Waals surface area contributed by atoms with Crippen LogP contribution in [-0.2, 0) is 18.8 Å². The molecular weight excluding hydrogens is 195 g/mol. The van der Waals surface area contributed by atoms with E-state index in [2.05, 4.69) is 9.55 Å². The van der Waals surface area contributed by atoms with Crippen molar-refractivity contribution in [2.75, 3.05) is 0 Å². The van der Waals surface area contributed by atoms with Crippen molar-refractivity contribution in [1.82, 2.24) is 9.55 Å². The highest BCUT2D eigenvalue weighted by Crippen LogP contribution is 2.18. The van der Waals surface area contributed by atoms with Crippen LogP contribution >= 0.6 is 24.0 Å². The largest absolute Gasteiger partial charge is 0.334 e. The van der Waals surface area contributed by atoms with E-state index >= 15 is 0 Å². The van der Waals surface area contributed by atoms with Crippen molar-refractivity contribution < 1.29 is 0 Å². The molecule has 0 atom stereocenters. The number of aromatic nitrogens is 2. The lowest BCUT2D eigenvalue weighted by atomic mass is 10.1. The molecule has 2 heterocycles. The molecule has 2 rings (SSSR count). The van der Waals surface area contributed by atoms with Crippen LogP contribution in [0.4, 0.5) is 0 Å². The molecule has 0 aliphatic carbocycles. The van der Waals surface area contributed by atoms with Gasteiger partial charge in [-0.2, -0.15) is 0 Å². The van der Waals surface area contributed by atoms with Crippen molar-refractivity contribution in [3.05, 3.63) is 17.7 Å². The van der Waals surface area contributed by atoms with Crippen LogP contribution < -0.4 is 0 Å². The van der Waals surface area contributed by atoms with Crippen LogP contribution in [0.3, 0.4) is 0 Å². The van der Waals surface area contributed by atoms with Crippen molar-refractivity contribution >= 4 is 24.0 Å². The first-order valence-electron chi connectivity index (χ1n) is 4.00. The Balaban J connectivity index is 0.000000720. The van der Waals surface area contributed by atoms with Crippen molar-refractivity contribution in [2.45, 2.75) is 31.7 Å². The molecule has 0 bridgehead atoms. The van der Waals surface area contributed by atoms with E-state index in [1.807, 2.05) is 6.33 Å². The smallest absolute Gasteiger partial charge is 0.0952 e. The Hall–Kier alpha value is -0.210. The summed E-state index contributed by atoms with van der Waals surface area (Å²) in [6.07, 6.45) is 5.63. The zero-order valence-electron chi connectivity index (χ0n) is 6.79. The Bertz CT molecular complexity index is 244. The van der Waals surface area contributed by atoms with E-state index in [1.165, 1.54) is 18.5 Å². The van der Waals surface area contributed by atoms with E-state index < -0.39 is 0 Å². The van der Waals surface area contributed by atoms with E-state index in [9.17, 15) is 0 Å². The minimum atomic E-state index is 0. The Kier molecular flexibility index (Phi) is 3.41. The summed E-state index contributed by atoms with van der Waals surface area (Å²) in [5.74, 6) is 0.558. The van der Waals surface area contributed by atoms with E-state index in [0.717, 1.165) is 18.7 Å². The lowest BCUT2D eigenvalue weighted by molar-refractivity contribution is 0.530. The molecule has 0 saturated carbocycles. The summed E-state index contributed by atoms with van der Waals surface area (Å²) in [5.41, 5.74) is 2.43. The maximum absolute atomic E-state index is 5.73. The molecule has 1 aromatic heterocycles. The second-order valence-electron chi connectivity index (χ2n) is 2.92. The molecule has 68 valence electrons. The quantitative estimate of drug-likeness (QED) is 0.646. The molecule has 0 spiro atoms. The van der Waals surface area contributed by atoms with Gasteiger partial charge in [-0.3, -0.25) is 0 Å². The van der Waals surface area contributed by atoms with Crippen LogP contribution in [0, 0.1) is 0 Å². The molecule has 0 N–H and O–H groups in total. The van der Waals surface area contributed by atoms with Gasteiger partial charge < -0.3 is 4.57 Å². The zero-order valence-corrected chi connectivity index (χ0v) is 8.37. The van der Waals surface area contributed by atoms with Crippen LogP contribution in [0.5, 0.6) is 0 Å². The van der Waals surface area contributed by atoms with Gasteiger partial charge in [0.05, 0.1) is 17.9 Å². The number of hydrogen-bond acceptors (Lipinski definition) is 1. The fourth-order valence-corrected chi connectivity index (χ4v) is 1.84. The van der Waals surface area contributed by atoms with Gasteiger partial charge >= 0.3 is 0 Å². The number of rotatable bonds is 1. The number of imidazole rings is 1. The molecule has 1 aromatic rings. The molecule has 1 aliphatic heterocycles. The van der Waals surface area contributed by atoms with Gasteiger partial charge in [0.2, 0.25) is 0 Å². The maximum atomic E-state index is 5.73. The number of hydrogen-bond donors (Lipinski definition) is 0.